The first-order chi connectivity index (χ1) is 17.6. The van der Waals surface area contributed by atoms with Crippen LogP contribution in [0.4, 0.5) is 0 Å². The number of rotatable bonds is 10. The Hall–Kier alpha value is -3.26. The highest BCUT2D eigenvalue weighted by atomic mass is 16.1. The molecule has 0 aliphatic heterocycles. The summed E-state index contributed by atoms with van der Waals surface area (Å²) < 4.78 is 0. The minimum Gasteiger partial charge on any atom is -0.289 e. The predicted octanol–water partition coefficient (Wildman–Crippen LogP) is 6.68. The van der Waals surface area contributed by atoms with Crippen LogP contribution in [-0.2, 0) is 12.8 Å². The van der Waals surface area contributed by atoms with Crippen molar-refractivity contribution in [2.24, 2.45) is 0 Å². The third-order valence-electron chi connectivity index (χ3n) is 7.81. The molecule has 0 bridgehead atoms. The number of carbonyl (C=O) groups is 2. The Morgan fingerprint density at radius 2 is 1.22 bits per heavy atom. The van der Waals surface area contributed by atoms with E-state index in [0.717, 1.165) is 52.0 Å². The molecule has 0 saturated carbocycles. The molecule has 0 atom stereocenters. The Labute approximate surface area is 214 Å². The standard InChI is InChI=1S/C34H36O2/c1-3-5-7-9-13-23-17-18-29-32(27(23)15-10-8-6-4-2)22-26-21-30-25(20-31(26)34(29)36)19-24-14-11-12-16-28(24)33(30)35/h11-12,14,16-22H,3-10,13,15H2,1-2H3. The summed E-state index contributed by atoms with van der Waals surface area (Å²) in [5, 5.41) is 1.72. The molecule has 2 heteroatoms. The molecule has 0 radical (unpaired) electrons. The quantitative estimate of drug-likeness (QED) is 0.211. The van der Waals surface area contributed by atoms with Crippen molar-refractivity contribution in [3.63, 3.8) is 0 Å². The largest absolute Gasteiger partial charge is 0.289 e. The number of benzene rings is 3. The number of hydrogen-bond acceptors (Lipinski definition) is 2. The monoisotopic (exact) mass is 476 g/mol. The molecule has 0 spiro atoms. The number of ketones is 2. The number of aryl methyl sites for hydroxylation is 1. The molecule has 0 amide bonds. The van der Waals surface area contributed by atoms with E-state index in [1.807, 2.05) is 48.5 Å². The summed E-state index contributed by atoms with van der Waals surface area (Å²) in [6.45, 7) is 4.49. The maximum Gasteiger partial charge on any atom is 0.194 e. The van der Waals surface area contributed by atoms with Gasteiger partial charge in [0.1, 0.15) is 0 Å². The van der Waals surface area contributed by atoms with E-state index in [4.69, 9.17) is 0 Å². The second-order valence-corrected chi connectivity index (χ2v) is 10.3. The summed E-state index contributed by atoms with van der Waals surface area (Å²) in [7, 11) is 0. The molecule has 0 N–H and O–H groups in total. The zero-order valence-electron chi connectivity index (χ0n) is 21.7. The molecule has 0 saturated heterocycles. The van der Waals surface area contributed by atoms with Crippen molar-refractivity contribution in [2.75, 3.05) is 0 Å². The van der Waals surface area contributed by atoms with E-state index in [2.05, 4.69) is 26.0 Å². The zero-order chi connectivity index (χ0) is 25.1. The van der Waals surface area contributed by atoms with Crippen LogP contribution in [0.15, 0.2) is 48.5 Å². The third-order valence-corrected chi connectivity index (χ3v) is 7.81. The first kappa shape index (κ1) is 24.4. The second kappa shape index (κ2) is 10.8. The molecule has 5 rings (SSSR count). The van der Waals surface area contributed by atoms with E-state index in [9.17, 15) is 9.59 Å². The van der Waals surface area contributed by atoms with E-state index in [1.165, 1.54) is 56.1 Å². The van der Waals surface area contributed by atoms with E-state index in [0.29, 0.717) is 11.1 Å². The summed E-state index contributed by atoms with van der Waals surface area (Å²) in [5.74, 6) is 0.124. The van der Waals surface area contributed by atoms with Crippen LogP contribution in [0.1, 0.15) is 119 Å². The first-order valence-electron chi connectivity index (χ1n) is 13.8. The highest BCUT2D eigenvalue weighted by Gasteiger charge is 2.25. The second-order valence-electron chi connectivity index (χ2n) is 10.3. The number of hydrogen-bond donors (Lipinski definition) is 0. The van der Waals surface area contributed by atoms with E-state index >= 15 is 0 Å². The molecular formula is C34H36O2. The average Bonchev–Trinajstić information content (AvgIpc) is 2.89. The van der Waals surface area contributed by atoms with Gasteiger partial charge in [-0.3, -0.25) is 9.59 Å². The van der Waals surface area contributed by atoms with Gasteiger partial charge in [0.15, 0.2) is 11.6 Å². The predicted molar refractivity (Wildman–Crippen MR) is 148 cm³/mol. The minimum absolute atomic E-state index is 0.0435. The molecule has 3 aromatic rings. The van der Waals surface area contributed by atoms with Gasteiger partial charge in [0.25, 0.3) is 0 Å². The lowest BCUT2D eigenvalue weighted by Gasteiger charge is -2.21. The maximum atomic E-state index is 13.7. The van der Waals surface area contributed by atoms with Gasteiger partial charge in [-0.15, -0.1) is 0 Å². The van der Waals surface area contributed by atoms with Crippen molar-refractivity contribution >= 4 is 23.7 Å². The van der Waals surface area contributed by atoms with Gasteiger partial charge in [-0.1, -0.05) is 88.8 Å². The highest BCUT2D eigenvalue weighted by molar-refractivity contribution is 6.16. The molecule has 0 aromatic heterocycles. The van der Waals surface area contributed by atoms with Crippen molar-refractivity contribution in [2.45, 2.75) is 78.1 Å². The lowest BCUT2D eigenvalue weighted by molar-refractivity contribution is 0.102. The Morgan fingerprint density at radius 1 is 0.583 bits per heavy atom. The lowest BCUT2D eigenvalue weighted by Crippen LogP contribution is -2.31. The fourth-order valence-electron chi connectivity index (χ4n) is 5.78. The van der Waals surface area contributed by atoms with Crippen LogP contribution in [0, 0.1) is 0 Å². The normalized spacial score (nSPS) is 13.3. The zero-order valence-corrected chi connectivity index (χ0v) is 21.7. The SMILES string of the molecule is CCCCCCc1ccc2c(c1CCCCCC)C=c1cc3c(cc1C2=O)=Cc1ccccc1C3=O. The van der Waals surface area contributed by atoms with Gasteiger partial charge >= 0.3 is 0 Å². The molecule has 36 heavy (non-hydrogen) atoms. The first-order valence-corrected chi connectivity index (χ1v) is 13.8. The van der Waals surface area contributed by atoms with Crippen LogP contribution in [0.5, 0.6) is 0 Å². The van der Waals surface area contributed by atoms with Crippen LogP contribution in [-0.4, -0.2) is 11.6 Å². The van der Waals surface area contributed by atoms with Gasteiger partial charge in [-0.2, -0.15) is 0 Å². The van der Waals surface area contributed by atoms with Gasteiger partial charge < -0.3 is 0 Å². The summed E-state index contributed by atoms with van der Waals surface area (Å²) in [6.07, 6.45) is 16.1. The van der Waals surface area contributed by atoms with Crippen LogP contribution in [0.3, 0.4) is 0 Å². The molecule has 2 aliphatic carbocycles. The van der Waals surface area contributed by atoms with E-state index < -0.39 is 0 Å². The van der Waals surface area contributed by atoms with E-state index in [1.54, 1.807) is 0 Å². The van der Waals surface area contributed by atoms with Crippen molar-refractivity contribution < 1.29 is 9.59 Å². The van der Waals surface area contributed by atoms with Crippen molar-refractivity contribution in [1.29, 1.82) is 0 Å². The molecule has 0 unspecified atom stereocenters. The molecule has 0 heterocycles. The smallest absolute Gasteiger partial charge is 0.194 e. The van der Waals surface area contributed by atoms with Crippen LogP contribution in [0.25, 0.3) is 12.2 Å². The lowest BCUT2D eigenvalue weighted by atomic mass is 9.81. The highest BCUT2D eigenvalue weighted by Crippen LogP contribution is 2.28. The van der Waals surface area contributed by atoms with Gasteiger partial charge in [0.05, 0.1) is 0 Å². The van der Waals surface area contributed by atoms with Crippen LogP contribution >= 0.6 is 0 Å². The fourth-order valence-corrected chi connectivity index (χ4v) is 5.78. The van der Waals surface area contributed by atoms with Crippen LogP contribution < -0.4 is 10.4 Å². The minimum atomic E-state index is 0.0435. The average molecular weight is 477 g/mol. The summed E-state index contributed by atoms with van der Waals surface area (Å²) >= 11 is 0. The Kier molecular flexibility index (Phi) is 7.32. The molecule has 2 aliphatic rings. The van der Waals surface area contributed by atoms with E-state index in [-0.39, 0.29) is 11.6 Å². The number of unbranched alkanes of at least 4 members (excludes halogenated alkanes) is 6. The van der Waals surface area contributed by atoms with Gasteiger partial charge in [0.2, 0.25) is 0 Å². The van der Waals surface area contributed by atoms with Crippen LogP contribution in [0.2, 0.25) is 0 Å². The fraction of sp³-hybridized carbons (Fsp3) is 0.353. The molecule has 2 nitrogen and oxygen atoms in total. The molecule has 184 valence electrons. The van der Waals surface area contributed by atoms with Gasteiger partial charge in [0, 0.05) is 22.3 Å². The summed E-state index contributed by atoms with van der Waals surface area (Å²) in [6, 6.07) is 15.8. The Morgan fingerprint density at radius 3 is 1.94 bits per heavy atom. The maximum absolute atomic E-state index is 13.7. The van der Waals surface area contributed by atoms with Gasteiger partial charge in [-0.05, 0) is 82.7 Å². The summed E-state index contributed by atoms with van der Waals surface area (Å²) in [5.41, 5.74) is 7.70. The topological polar surface area (TPSA) is 34.1 Å². The number of carbonyl (C=O) groups excluding carboxylic acids is 2. The van der Waals surface area contributed by atoms with Crippen molar-refractivity contribution in [1.82, 2.24) is 0 Å². The van der Waals surface area contributed by atoms with Crippen molar-refractivity contribution in [3.05, 3.63) is 103 Å². The summed E-state index contributed by atoms with van der Waals surface area (Å²) in [4.78, 5) is 27.0. The van der Waals surface area contributed by atoms with Crippen molar-refractivity contribution in [3.8, 4) is 0 Å². The van der Waals surface area contributed by atoms with Gasteiger partial charge in [-0.25, -0.2) is 0 Å². The Bertz CT molecular complexity index is 1440. The molecular weight excluding hydrogens is 440 g/mol. The Balaban J connectivity index is 1.60. The number of fused-ring (bicyclic) bond motifs is 4. The molecule has 0 fully saturated rings. The third kappa shape index (κ3) is 4.62. The molecule has 3 aromatic carbocycles.